The number of carbonyl (C=O) groups is 1. The van der Waals surface area contributed by atoms with Crippen LogP contribution in [0, 0.1) is 0 Å². The summed E-state index contributed by atoms with van der Waals surface area (Å²) in [6.07, 6.45) is 0. The minimum absolute atomic E-state index is 0.269. The molecule has 0 fully saturated rings. The van der Waals surface area contributed by atoms with Crippen molar-refractivity contribution in [2.45, 2.75) is 6.04 Å². The number of hydrogen-bond donors (Lipinski definition) is 2. The molecule has 0 saturated carbocycles. The molecule has 110 valence electrons. The Morgan fingerprint density at radius 3 is 2.71 bits per heavy atom. The van der Waals surface area contributed by atoms with E-state index >= 15 is 0 Å². The Morgan fingerprint density at radius 1 is 1.33 bits per heavy atom. The fraction of sp³-hybridized carbons (Fsp3) is 0.214. The van der Waals surface area contributed by atoms with Gasteiger partial charge in [-0.25, -0.2) is 0 Å². The van der Waals surface area contributed by atoms with Gasteiger partial charge in [-0.05, 0) is 27.4 Å². The SMILES string of the molecule is NC(C(=O)Nc1cc2c(cc1Br)OCCO2)c1cccs1. The van der Waals surface area contributed by atoms with Crippen LogP contribution in [-0.2, 0) is 4.79 Å². The van der Waals surface area contributed by atoms with Crippen molar-refractivity contribution in [2.24, 2.45) is 5.73 Å². The first kappa shape index (κ1) is 14.4. The van der Waals surface area contributed by atoms with Gasteiger partial charge in [0.1, 0.15) is 19.3 Å². The molecule has 2 aromatic rings. The van der Waals surface area contributed by atoms with Gasteiger partial charge in [0, 0.05) is 21.5 Å². The van der Waals surface area contributed by atoms with Gasteiger partial charge in [-0.15, -0.1) is 11.3 Å². The predicted molar refractivity (Wildman–Crippen MR) is 85.0 cm³/mol. The Kier molecular flexibility index (Phi) is 4.14. The first-order valence-electron chi connectivity index (χ1n) is 6.34. The van der Waals surface area contributed by atoms with Gasteiger partial charge in [0.05, 0.1) is 5.69 Å². The average Bonchev–Trinajstić information content (AvgIpc) is 3.01. The van der Waals surface area contributed by atoms with Crippen LogP contribution in [0.4, 0.5) is 5.69 Å². The molecule has 3 rings (SSSR count). The van der Waals surface area contributed by atoms with Crippen LogP contribution >= 0.6 is 27.3 Å². The number of ether oxygens (including phenoxy) is 2. The van der Waals surface area contributed by atoms with Crippen LogP contribution in [0.5, 0.6) is 11.5 Å². The third kappa shape index (κ3) is 3.04. The molecular formula is C14H13BrN2O3S. The van der Waals surface area contributed by atoms with Crippen molar-refractivity contribution in [3.63, 3.8) is 0 Å². The summed E-state index contributed by atoms with van der Waals surface area (Å²) in [5.74, 6) is 1.01. The average molecular weight is 369 g/mol. The van der Waals surface area contributed by atoms with Gasteiger partial charge in [0.2, 0.25) is 5.91 Å². The summed E-state index contributed by atoms with van der Waals surface area (Å²) in [5, 5.41) is 4.70. The Balaban J connectivity index is 1.80. The molecule has 0 aliphatic carbocycles. The van der Waals surface area contributed by atoms with E-state index in [0.29, 0.717) is 30.4 Å². The molecule has 0 radical (unpaired) electrons. The number of hydrogen-bond acceptors (Lipinski definition) is 5. The minimum Gasteiger partial charge on any atom is -0.486 e. The third-order valence-corrected chi connectivity index (χ3v) is 4.63. The molecule has 5 nitrogen and oxygen atoms in total. The van der Waals surface area contributed by atoms with Crippen LogP contribution in [0.25, 0.3) is 0 Å². The summed E-state index contributed by atoms with van der Waals surface area (Å²) in [6, 6.07) is 6.53. The molecule has 1 aromatic carbocycles. The zero-order valence-electron chi connectivity index (χ0n) is 11.0. The van der Waals surface area contributed by atoms with Crippen LogP contribution in [0.15, 0.2) is 34.1 Å². The Morgan fingerprint density at radius 2 is 2.05 bits per heavy atom. The fourth-order valence-electron chi connectivity index (χ4n) is 1.97. The van der Waals surface area contributed by atoms with E-state index in [1.807, 2.05) is 17.5 Å². The first-order valence-corrected chi connectivity index (χ1v) is 8.01. The quantitative estimate of drug-likeness (QED) is 0.873. The van der Waals surface area contributed by atoms with Crippen molar-refractivity contribution < 1.29 is 14.3 Å². The first-order chi connectivity index (χ1) is 10.1. The molecule has 21 heavy (non-hydrogen) atoms. The van der Waals surface area contributed by atoms with Gasteiger partial charge in [-0.1, -0.05) is 6.07 Å². The fourth-order valence-corrected chi connectivity index (χ4v) is 3.11. The van der Waals surface area contributed by atoms with E-state index in [9.17, 15) is 4.79 Å². The lowest BCUT2D eigenvalue weighted by Gasteiger charge is -2.20. The lowest BCUT2D eigenvalue weighted by molar-refractivity contribution is -0.117. The summed E-state index contributed by atoms with van der Waals surface area (Å²) >= 11 is 4.87. The number of thiophene rings is 1. The number of anilines is 1. The van der Waals surface area contributed by atoms with E-state index in [4.69, 9.17) is 15.2 Å². The van der Waals surface area contributed by atoms with Crippen LogP contribution in [-0.4, -0.2) is 19.1 Å². The highest BCUT2D eigenvalue weighted by Crippen LogP contribution is 2.38. The molecule has 1 aromatic heterocycles. The number of benzene rings is 1. The molecule has 2 heterocycles. The molecule has 0 saturated heterocycles. The third-order valence-electron chi connectivity index (χ3n) is 3.02. The van der Waals surface area contributed by atoms with Gasteiger partial charge in [-0.2, -0.15) is 0 Å². The second kappa shape index (κ2) is 6.05. The maximum atomic E-state index is 12.2. The Hall–Kier alpha value is -1.57. The highest BCUT2D eigenvalue weighted by molar-refractivity contribution is 9.10. The van der Waals surface area contributed by atoms with Crippen molar-refractivity contribution in [1.82, 2.24) is 0 Å². The molecule has 1 amide bonds. The van der Waals surface area contributed by atoms with Gasteiger partial charge < -0.3 is 20.5 Å². The molecular weight excluding hydrogens is 356 g/mol. The second-order valence-electron chi connectivity index (χ2n) is 4.46. The smallest absolute Gasteiger partial charge is 0.246 e. The van der Waals surface area contributed by atoms with Gasteiger partial charge >= 0.3 is 0 Å². The molecule has 0 spiro atoms. The van der Waals surface area contributed by atoms with Crippen molar-refractivity contribution in [2.75, 3.05) is 18.5 Å². The zero-order valence-corrected chi connectivity index (χ0v) is 13.4. The van der Waals surface area contributed by atoms with Gasteiger partial charge in [-0.3, -0.25) is 4.79 Å². The van der Waals surface area contributed by atoms with Crippen LogP contribution in [0.3, 0.4) is 0 Å². The number of rotatable bonds is 3. The number of nitrogens with two attached hydrogens (primary N) is 1. The number of carbonyl (C=O) groups excluding carboxylic acids is 1. The van der Waals surface area contributed by atoms with Gasteiger partial charge in [0.25, 0.3) is 0 Å². The highest BCUT2D eigenvalue weighted by atomic mass is 79.9. The lowest BCUT2D eigenvalue weighted by atomic mass is 10.2. The van der Waals surface area contributed by atoms with E-state index in [2.05, 4.69) is 21.2 Å². The Bertz CT molecular complexity index is 660. The monoisotopic (exact) mass is 368 g/mol. The molecule has 0 bridgehead atoms. The maximum Gasteiger partial charge on any atom is 0.246 e. The topological polar surface area (TPSA) is 73.6 Å². The van der Waals surface area contributed by atoms with Crippen LogP contribution < -0.4 is 20.5 Å². The molecule has 1 aliphatic heterocycles. The summed E-state index contributed by atoms with van der Waals surface area (Å²) in [6.45, 7) is 1.02. The van der Waals surface area contributed by atoms with E-state index < -0.39 is 6.04 Å². The van der Waals surface area contributed by atoms with Crippen LogP contribution in [0.1, 0.15) is 10.9 Å². The molecule has 1 atom stereocenters. The van der Waals surface area contributed by atoms with E-state index in [1.165, 1.54) is 11.3 Å². The number of amides is 1. The second-order valence-corrected chi connectivity index (χ2v) is 6.29. The Labute approximate surface area is 134 Å². The number of fused-ring (bicyclic) bond motifs is 1. The lowest BCUT2D eigenvalue weighted by Crippen LogP contribution is -2.27. The number of halogens is 1. The molecule has 1 aliphatic rings. The number of nitrogens with one attached hydrogen (secondary N) is 1. The van der Waals surface area contributed by atoms with Crippen LogP contribution in [0.2, 0.25) is 0 Å². The molecule has 7 heteroatoms. The normalized spacial score (nSPS) is 14.6. The van der Waals surface area contributed by atoms with Crippen molar-refractivity contribution in [3.8, 4) is 11.5 Å². The van der Waals surface area contributed by atoms with Crippen molar-refractivity contribution in [3.05, 3.63) is 39.0 Å². The predicted octanol–water partition coefficient (Wildman–Crippen LogP) is 2.92. The summed E-state index contributed by atoms with van der Waals surface area (Å²) in [7, 11) is 0. The zero-order chi connectivity index (χ0) is 14.8. The maximum absolute atomic E-state index is 12.2. The molecule has 3 N–H and O–H groups in total. The van der Waals surface area contributed by atoms with E-state index in [1.54, 1.807) is 12.1 Å². The minimum atomic E-state index is -0.690. The highest BCUT2D eigenvalue weighted by Gasteiger charge is 2.20. The molecule has 1 unspecified atom stereocenters. The largest absolute Gasteiger partial charge is 0.486 e. The van der Waals surface area contributed by atoms with E-state index in [-0.39, 0.29) is 5.91 Å². The van der Waals surface area contributed by atoms with Crippen molar-refractivity contribution >= 4 is 38.9 Å². The summed E-state index contributed by atoms with van der Waals surface area (Å²) in [5.41, 5.74) is 6.55. The summed E-state index contributed by atoms with van der Waals surface area (Å²) in [4.78, 5) is 13.0. The van der Waals surface area contributed by atoms with E-state index in [0.717, 1.165) is 9.35 Å². The van der Waals surface area contributed by atoms with Crippen molar-refractivity contribution in [1.29, 1.82) is 0 Å². The summed E-state index contributed by atoms with van der Waals surface area (Å²) < 4.78 is 11.7. The standard InChI is InChI=1S/C14H13BrN2O3S/c15-8-6-10-11(20-4-3-19-10)7-9(8)17-14(18)13(16)12-2-1-5-21-12/h1-2,5-7,13H,3-4,16H2,(H,17,18). The van der Waals surface area contributed by atoms with Gasteiger partial charge in [0.15, 0.2) is 11.5 Å².